The van der Waals surface area contributed by atoms with Crippen molar-refractivity contribution in [3.05, 3.63) is 40.7 Å². The summed E-state index contributed by atoms with van der Waals surface area (Å²) in [7, 11) is 0. The molecule has 1 aromatic heterocycles. The second-order valence-corrected chi connectivity index (χ2v) is 4.46. The van der Waals surface area contributed by atoms with Crippen LogP contribution in [0.3, 0.4) is 0 Å². The average molecular weight is 244 g/mol. The standard InChI is InChI=1S/C12H12N4O2/c13-9-5-11(9)15-10-1-2-12(16(17)18)7-3-4-14-6-8(7)10/h1-4,6,9,11,15H,5,13H2. The Balaban J connectivity index is 2.10. The number of nitro benzene ring substituents is 1. The van der Waals surface area contributed by atoms with Gasteiger partial charge in [0, 0.05) is 41.6 Å². The molecular formula is C12H12N4O2. The molecule has 1 aliphatic carbocycles. The van der Waals surface area contributed by atoms with E-state index in [1.807, 2.05) is 0 Å². The van der Waals surface area contributed by atoms with Crippen LogP contribution in [0, 0.1) is 10.1 Å². The average Bonchev–Trinajstić information content (AvgIpc) is 3.05. The SMILES string of the molecule is NC1CC1Nc1ccc([N+](=O)[O-])c2ccncc12. The second-order valence-electron chi connectivity index (χ2n) is 4.46. The monoisotopic (exact) mass is 244 g/mol. The maximum Gasteiger partial charge on any atom is 0.277 e. The Hall–Kier alpha value is -2.21. The molecule has 0 amide bonds. The highest BCUT2D eigenvalue weighted by atomic mass is 16.6. The van der Waals surface area contributed by atoms with Crippen LogP contribution in [-0.4, -0.2) is 22.0 Å². The Labute approximate surface area is 103 Å². The maximum atomic E-state index is 11.0. The van der Waals surface area contributed by atoms with Gasteiger partial charge in [0.2, 0.25) is 0 Å². The number of nitrogens with two attached hydrogens (primary N) is 1. The number of nitrogens with zero attached hydrogens (tertiary/aromatic N) is 2. The van der Waals surface area contributed by atoms with Gasteiger partial charge in [0.15, 0.2) is 0 Å². The number of aromatic nitrogens is 1. The van der Waals surface area contributed by atoms with Gasteiger partial charge >= 0.3 is 0 Å². The summed E-state index contributed by atoms with van der Waals surface area (Å²) >= 11 is 0. The number of rotatable bonds is 3. The normalized spacial score (nSPS) is 21.8. The van der Waals surface area contributed by atoms with E-state index in [9.17, 15) is 10.1 Å². The molecule has 3 rings (SSSR count). The minimum atomic E-state index is -0.380. The molecule has 1 heterocycles. The molecule has 0 radical (unpaired) electrons. The number of anilines is 1. The third-order valence-corrected chi connectivity index (χ3v) is 3.17. The number of nitro groups is 1. The highest BCUT2D eigenvalue weighted by Crippen LogP contribution is 2.33. The lowest BCUT2D eigenvalue weighted by molar-refractivity contribution is -0.383. The number of fused-ring (bicyclic) bond motifs is 1. The molecule has 0 aliphatic heterocycles. The molecule has 0 spiro atoms. The molecule has 1 fully saturated rings. The van der Waals surface area contributed by atoms with E-state index >= 15 is 0 Å². The van der Waals surface area contributed by atoms with Crippen LogP contribution in [0.15, 0.2) is 30.6 Å². The van der Waals surface area contributed by atoms with Crippen LogP contribution in [0.1, 0.15) is 6.42 Å². The Morgan fingerprint density at radius 1 is 1.39 bits per heavy atom. The quantitative estimate of drug-likeness (QED) is 0.632. The van der Waals surface area contributed by atoms with E-state index in [0.29, 0.717) is 5.39 Å². The van der Waals surface area contributed by atoms with Crippen molar-refractivity contribution in [3.8, 4) is 0 Å². The third kappa shape index (κ3) is 1.76. The molecule has 1 aromatic carbocycles. The van der Waals surface area contributed by atoms with E-state index in [1.165, 1.54) is 6.07 Å². The molecule has 0 bridgehead atoms. The van der Waals surface area contributed by atoms with Crippen LogP contribution in [0.25, 0.3) is 10.8 Å². The largest absolute Gasteiger partial charge is 0.380 e. The van der Waals surface area contributed by atoms with Crippen LogP contribution in [0.4, 0.5) is 11.4 Å². The molecule has 92 valence electrons. The van der Waals surface area contributed by atoms with Gasteiger partial charge in [-0.25, -0.2) is 0 Å². The molecule has 2 unspecified atom stereocenters. The summed E-state index contributed by atoms with van der Waals surface area (Å²) < 4.78 is 0. The van der Waals surface area contributed by atoms with Gasteiger partial charge in [0.05, 0.1) is 10.3 Å². The molecule has 3 N–H and O–H groups in total. The number of benzene rings is 1. The first-order chi connectivity index (χ1) is 8.66. The maximum absolute atomic E-state index is 11.0. The van der Waals surface area contributed by atoms with Crippen molar-refractivity contribution in [1.82, 2.24) is 4.98 Å². The summed E-state index contributed by atoms with van der Waals surface area (Å²) in [6, 6.07) is 5.32. The summed E-state index contributed by atoms with van der Waals surface area (Å²) in [5.41, 5.74) is 6.69. The van der Waals surface area contributed by atoms with Crippen molar-refractivity contribution >= 4 is 22.1 Å². The van der Waals surface area contributed by atoms with E-state index < -0.39 is 0 Å². The van der Waals surface area contributed by atoms with Gasteiger partial charge in [-0.3, -0.25) is 15.1 Å². The lowest BCUT2D eigenvalue weighted by Crippen LogP contribution is -2.13. The van der Waals surface area contributed by atoms with E-state index in [-0.39, 0.29) is 22.7 Å². The van der Waals surface area contributed by atoms with Crippen LogP contribution in [0.2, 0.25) is 0 Å². The van der Waals surface area contributed by atoms with E-state index in [1.54, 1.807) is 24.5 Å². The number of pyridine rings is 1. The number of hydrogen-bond donors (Lipinski definition) is 2. The Morgan fingerprint density at radius 3 is 2.83 bits per heavy atom. The predicted molar refractivity (Wildman–Crippen MR) is 68.4 cm³/mol. The number of non-ortho nitro benzene ring substituents is 1. The number of nitrogens with one attached hydrogen (secondary N) is 1. The first-order valence-corrected chi connectivity index (χ1v) is 5.70. The summed E-state index contributed by atoms with van der Waals surface area (Å²) in [6.45, 7) is 0. The van der Waals surface area contributed by atoms with Crippen molar-refractivity contribution in [2.24, 2.45) is 5.73 Å². The highest BCUT2D eigenvalue weighted by Gasteiger charge is 2.33. The molecule has 1 saturated carbocycles. The van der Waals surface area contributed by atoms with Crippen LogP contribution in [-0.2, 0) is 0 Å². The fourth-order valence-electron chi connectivity index (χ4n) is 2.04. The zero-order valence-corrected chi connectivity index (χ0v) is 9.54. The summed E-state index contributed by atoms with van der Waals surface area (Å²) in [5, 5.41) is 15.6. The molecule has 6 nitrogen and oxygen atoms in total. The smallest absolute Gasteiger partial charge is 0.277 e. The minimum absolute atomic E-state index is 0.0954. The molecule has 1 aliphatic rings. The van der Waals surface area contributed by atoms with Crippen molar-refractivity contribution in [2.75, 3.05) is 5.32 Å². The highest BCUT2D eigenvalue weighted by molar-refractivity contribution is 5.99. The molecular weight excluding hydrogens is 232 g/mol. The first kappa shape index (κ1) is 10.9. The van der Waals surface area contributed by atoms with Gasteiger partial charge in [-0.1, -0.05) is 0 Å². The van der Waals surface area contributed by atoms with E-state index in [2.05, 4.69) is 10.3 Å². The Kier molecular flexibility index (Phi) is 2.38. The molecule has 18 heavy (non-hydrogen) atoms. The van der Waals surface area contributed by atoms with Crippen molar-refractivity contribution in [1.29, 1.82) is 0 Å². The zero-order chi connectivity index (χ0) is 12.7. The predicted octanol–water partition coefficient (Wildman–Crippen LogP) is 1.65. The van der Waals surface area contributed by atoms with Crippen molar-refractivity contribution in [2.45, 2.75) is 18.5 Å². The van der Waals surface area contributed by atoms with E-state index in [4.69, 9.17) is 5.73 Å². The third-order valence-electron chi connectivity index (χ3n) is 3.17. The topological polar surface area (TPSA) is 94.1 Å². The van der Waals surface area contributed by atoms with Crippen molar-refractivity contribution in [3.63, 3.8) is 0 Å². The fraction of sp³-hybridized carbons (Fsp3) is 0.250. The minimum Gasteiger partial charge on any atom is -0.380 e. The van der Waals surface area contributed by atoms with Gasteiger partial charge in [-0.15, -0.1) is 0 Å². The first-order valence-electron chi connectivity index (χ1n) is 5.70. The zero-order valence-electron chi connectivity index (χ0n) is 9.54. The van der Waals surface area contributed by atoms with Gasteiger partial charge in [-0.2, -0.15) is 0 Å². The second kappa shape index (κ2) is 3.92. The van der Waals surface area contributed by atoms with Gasteiger partial charge < -0.3 is 11.1 Å². The lowest BCUT2D eigenvalue weighted by Gasteiger charge is -2.08. The Morgan fingerprint density at radius 2 is 2.17 bits per heavy atom. The van der Waals surface area contributed by atoms with Crippen LogP contribution in [0.5, 0.6) is 0 Å². The van der Waals surface area contributed by atoms with Gasteiger partial charge in [0.25, 0.3) is 5.69 Å². The Bertz CT molecular complexity index is 629. The molecule has 0 saturated heterocycles. The van der Waals surface area contributed by atoms with Gasteiger partial charge in [-0.05, 0) is 18.6 Å². The number of hydrogen-bond acceptors (Lipinski definition) is 5. The van der Waals surface area contributed by atoms with Crippen LogP contribution < -0.4 is 11.1 Å². The molecule has 2 aromatic rings. The molecule has 2 atom stereocenters. The summed E-state index contributed by atoms with van der Waals surface area (Å²) in [4.78, 5) is 14.6. The van der Waals surface area contributed by atoms with Gasteiger partial charge in [0.1, 0.15) is 0 Å². The fourth-order valence-corrected chi connectivity index (χ4v) is 2.04. The van der Waals surface area contributed by atoms with Crippen LogP contribution >= 0.6 is 0 Å². The lowest BCUT2D eigenvalue weighted by atomic mass is 10.1. The summed E-state index contributed by atoms with van der Waals surface area (Å²) in [6.07, 6.45) is 4.12. The summed E-state index contributed by atoms with van der Waals surface area (Å²) in [5.74, 6) is 0. The van der Waals surface area contributed by atoms with E-state index in [0.717, 1.165) is 17.5 Å². The molecule has 6 heteroatoms. The van der Waals surface area contributed by atoms with Crippen molar-refractivity contribution < 1.29 is 4.92 Å².